The number of nitrogens with zero attached hydrogens (tertiary/aromatic N) is 3. The van der Waals surface area contributed by atoms with Crippen molar-refractivity contribution in [3.63, 3.8) is 0 Å². The van der Waals surface area contributed by atoms with Gasteiger partial charge in [-0.15, -0.1) is 0 Å². The molecule has 0 spiro atoms. The summed E-state index contributed by atoms with van der Waals surface area (Å²) < 4.78 is 0.409. The molecular weight excluding hydrogens is 104 g/mol. The van der Waals surface area contributed by atoms with E-state index in [9.17, 15) is 0 Å². The molecular formula is C4H9N4+. The zero-order valence-corrected chi connectivity index (χ0v) is 5.00. The summed E-state index contributed by atoms with van der Waals surface area (Å²) in [4.78, 5) is 3.76. The van der Waals surface area contributed by atoms with Crippen LogP contribution in [0, 0.1) is 0 Å². The van der Waals surface area contributed by atoms with Crippen LogP contribution in [0.4, 0.5) is 0 Å². The van der Waals surface area contributed by atoms with Crippen molar-refractivity contribution in [2.24, 2.45) is 15.8 Å². The predicted molar refractivity (Wildman–Crippen MR) is 32.2 cm³/mol. The summed E-state index contributed by atoms with van der Waals surface area (Å²) in [5.74, 6) is 0.356. The Labute approximate surface area is 47.9 Å². The van der Waals surface area contributed by atoms with Gasteiger partial charge in [0.2, 0.25) is 6.34 Å². The first-order valence-electron chi connectivity index (χ1n) is 2.35. The fourth-order valence-electron chi connectivity index (χ4n) is 0.516. The zero-order chi connectivity index (χ0) is 6.20. The van der Waals surface area contributed by atoms with Crippen molar-refractivity contribution in [1.29, 1.82) is 0 Å². The molecule has 0 aromatic rings. The third-order valence-corrected chi connectivity index (χ3v) is 0.833. The van der Waals surface area contributed by atoms with Gasteiger partial charge in [-0.2, -0.15) is 9.58 Å². The maximum absolute atomic E-state index is 5.25. The van der Waals surface area contributed by atoms with Gasteiger partial charge in [-0.1, -0.05) is 0 Å². The van der Waals surface area contributed by atoms with E-state index in [-0.39, 0.29) is 0 Å². The van der Waals surface area contributed by atoms with Gasteiger partial charge >= 0.3 is 0 Å². The summed E-state index contributed by atoms with van der Waals surface area (Å²) in [6.07, 6.45) is 1.68. The molecule has 0 saturated carbocycles. The molecule has 1 aliphatic rings. The van der Waals surface area contributed by atoms with Crippen molar-refractivity contribution in [2.75, 3.05) is 14.1 Å². The van der Waals surface area contributed by atoms with Crippen LogP contribution in [-0.2, 0) is 0 Å². The Kier molecular flexibility index (Phi) is 0.844. The molecule has 1 aliphatic heterocycles. The normalized spacial score (nSPS) is 23.5. The highest BCUT2D eigenvalue weighted by molar-refractivity contribution is 5.86. The summed E-state index contributed by atoms with van der Waals surface area (Å²) in [5.41, 5.74) is 5.25. The second-order valence-electron chi connectivity index (χ2n) is 2.18. The van der Waals surface area contributed by atoms with Crippen molar-refractivity contribution in [3.8, 4) is 0 Å². The Morgan fingerprint density at radius 1 is 1.62 bits per heavy atom. The zero-order valence-electron chi connectivity index (χ0n) is 5.00. The molecule has 0 radical (unpaired) electrons. The molecule has 0 fully saturated rings. The van der Waals surface area contributed by atoms with Crippen LogP contribution in [0.3, 0.4) is 0 Å². The first-order chi connectivity index (χ1) is 3.60. The molecule has 0 aromatic heterocycles. The van der Waals surface area contributed by atoms with E-state index < -0.39 is 0 Å². The van der Waals surface area contributed by atoms with Crippen molar-refractivity contribution in [2.45, 2.75) is 0 Å². The van der Waals surface area contributed by atoms with Crippen molar-refractivity contribution < 1.29 is 4.59 Å². The number of hydrogen-bond donors (Lipinski definition) is 1. The van der Waals surface area contributed by atoms with Gasteiger partial charge in [-0.3, -0.25) is 0 Å². The molecule has 1 heterocycles. The number of guanidine groups is 1. The highest BCUT2D eigenvalue weighted by Crippen LogP contribution is 1.99. The third-order valence-electron chi connectivity index (χ3n) is 0.833. The second kappa shape index (κ2) is 1.29. The lowest BCUT2D eigenvalue weighted by atomic mass is 10.9. The Bertz CT molecular complexity index is 155. The van der Waals surface area contributed by atoms with Crippen molar-refractivity contribution >= 4 is 12.3 Å². The van der Waals surface area contributed by atoms with Gasteiger partial charge in [0.05, 0.1) is 14.1 Å². The summed E-state index contributed by atoms with van der Waals surface area (Å²) >= 11 is 0. The quantitative estimate of drug-likeness (QED) is 0.416. The maximum atomic E-state index is 5.25. The minimum atomic E-state index is 0.356. The standard InChI is InChI=1S/C4H9N4/c1-8(2)3-6-4(5)7-8/h3H,1-2H3,(H2,5,7)/q+1. The topological polar surface area (TPSA) is 50.7 Å². The molecule has 0 aromatic carbocycles. The Morgan fingerprint density at radius 2 is 2.25 bits per heavy atom. The lowest BCUT2D eigenvalue weighted by molar-refractivity contribution is -0.796. The molecule has 0 amide bonds. The van der Waals surface area contributed by atoms with E-state index in [2.05, 4.69) is 10.1 Å². The first-order valence-corrected chi connectivity index (χ1v) is 2.35. The summed E-state index contributed by atoms with van der Waals surface area (Å²) in [5, 5.41) is 3.93. The lowest BCUT2D eigenvalue weighted by Gasteiger charge is -2.08. The average Bonchev–Trinajstić information content (AvgIpc) is 1.82. The van der Waals surface area contributed by atoms with Crippen LogP contribution in [0.5, 0.6) is 0 Å². The summed E-state index contributed by atoms with van der Waals surface area (Å²) in [7, 11) is 3.78. The van der Waals surface area contributed by atoms with Crippen molar-refractivity contribution in [3.05, 3.63) is 0 Å². The van der Waals surface area contributed by atoms with Gasteiger partial charge in [0.25, 0.3) is 5.96 Å². The van der Waals surface area contributed by atoms with E-state index in [1.54, 1.807) is 6.34 Å². The highest BCUT2D eigenvalue weighted by Gasteiger charge is 2.17. The second-order valence-corrected chi connectivity index (χ2v) is 2.18. The Hall–Kier alpha value is -0.900. The van der Waals surface area contributed by atoms with E-state index in [1.807, 2.05) is 14.1 Å². The molecule has 8 heavy (non-hydrogen) atoms. The molecule has 4 heteroatoms. The predicted octanol–water partition coefficient (Wildman–Crippen LogP) is -0.666. The smallest absolute Gasteiger partial charge is 0.278 e. The molecule has 0 unspecified atom stereocenters. The van der Waals surface area contributed by atoms with Crippen LogP contribution in [0.15, 0.2) is 10.1 Å². The van der Waals surface area contributed by atoms with Gasteiger partial charge in [-0.05, 0) is 5.10 Å². The Morgan fingerprint density at radius 3 is 2.38 bits per heavy atom. The van der Waals surface area contributed by atoms with Crippen LogP contribution in [-0.4, -0.2) is 31.0 Å². The minimum Gasteiger partial charge on any atom is -0.363 e. The molecule has 0 atom stereocenters. The first kappa shape index (κ1) is 5.24. The van der Waals surface area contributed by atoms with Gasteiger partial charge in [0, 0.05) is 0 Å². The fourth-order valence-corrected chi connectivity index (χ4v) is 0.516. The molecule has 0 saturated heterocycles. The maximum Gasteiger partial charge on any atom is 0.278 e. The summed E-state index contributed by atoms with van der Waals surface area (Å²) in [6.45, 7) is 0. The van der Waals surface area contributed by atoms with Gasteiger partial charge in [-0.25, -0.2) is 0 Å². The minimum absolute atomic E-state index is 0.356. The molecule has 0 aliphatic carbocycles. The SMILES string of the molecule is C[N+]1(C)C=NC(N)=N1. The van der Waals surface area contributed by atoms with Crippen molar-refractivity contribution in [1.82, 2.24) is 0 Å². The van der Waals surface area contributed by atoms with Crippen LogP contribution in [0.2, 0.25) is 0 Å². The molecule has 4 nitrogen and oxygen atoms in total. The van der Waals surface area contributed by atoms with Crippen LogP contribution in [0.1, 0.15) is 0 Å². The third kappa shape index (κ3) is 0.840. The number of hydrogen-bond acceptors (Lipinski definition) is 3. The molecule has 1 rings (SSSR count). The fraction of sp³-hybridized carbons (Fsp3) is 0.500. The van der Waals surface area contributed by atoms with Crippen LogP contribution >= 0.6 is 0 Å². The number of quaternary nitrogens is 1. The van der Waals surface area contributed by atoms with E-state index in [4.69, 9.17) is 5.73 Å². The van der Waals surface area contributed by atoms with Crippen LogP contribution < -0.4 is 5.73 Å². The average molecular weight is 113 g/mol. The summed E-state index contributed by atoms with van der Waals surface area (Å²) in [6, 6.07) is 0. The van der Waals surface area contributed by atoms with E-state index in [0.717, 1.165) is 0 Å². The van der Waals surface area contributed by atoms with Gasteiger partial charge in [0.1, 0.15) is 0 Å². The molecule has 2 N–H and O–H groups in total. The molecule has 0 bridgehead atoms. The van der Waals surface area contributed by atoms with E-state index in [1.165, 1.54) is 0 Å². The number of aliphatic imine (C=N–C) groups is 1. The molecule has 44 valence electrons. The Balaban J connectivity index is 2.84. The monoisotopic (exact) mass is 113 g/mol. The van der Waals surface area contributed by atoms with E-state index in [0.29, 0.717) is 10.6 Å². The lowest BCUT2D eigenvalue weighted by Crippen LogP contribution is -2.29. The van der Waals surface area contributed by atoms with Gasteiger partial charge in [0.15, 0.2) is 0 Å². The largest absolute Gasteiger partial charge is 0.363 e. The number of nitrogens with two attached hydrogens (primary N) is 1. The van der Waals surface area contributed by atoms with Gasteiger partial charge < -0.3 is 5.73 Å². The van der Waals surface area contributed by atoms with Crippen LogP contribution in [0.25, 0.3) is 0 Å². The number of rotatable bonds is 0. The van der Waals surface area contributed by atoms with E-state index >= 15 is 0 Å². The highest BCUT2D eigenvalue weighted by atomic mass is 15.6.